The quantitative estimate of drug-likeness (QED) is 0.851. The van der Waals surface area contributed by atoms with Gasteiger partial charge in [0.2, 0.25) is 0 Å². The minimum atomic E-state index is -0.548. The molecule has 1 atom stereocenters. The Labute approximate surface area is 133 Å². The summed E-state index contributed by atoms with van der Waals surface area (Å²) >= 11 is 0. The van der Waals surface area contributed by atoms with Crippen LogP contribution in [0.5, 0.6) is 0 Å². The van der Waals surface area contributed by atoms with Crippen molar-refractivity contribution in [3.63, 3.8) is 0 Å². The SMILES string of the molecule is COC(=O)c1cc(C(=O)N2CCC[C@H](c3ccn[nH]3)C2)n(C)n1. The van der Waals surface area contributed by atoms with Crippen LogP contribution in [0.15, 0.2) is 18.3 Å². The van der Waals surface area contributed by atoms with E-state index in [1.165, 1.54) is 17.9 Å². The molecule has 1 aliphatic rings. The molecule has 2 aromatic rings. The number of nitrogens with one attached hydrogen (secondary N) is 1. The van der Waals surface area contributed by atoms with Gasteiger partial charge < -0.3 is 9.64 Å². The molecule has 1 aliphatic heterocycles. The van der Waals surface area contributed by atoms with Gasteiger partial charge in [-0.1, -0.05) is 0 Å². The van der Waals surface area contributed by atoms with Crippen LogP contribution in [0, 0.1) is 0 Å². The average molecular weight is 317 g/mol. The van der Waals surface area contributed by atoms with Crippen LogP contribution < -0.4 is 0 Å². The van der Waals surface area contributed by atoms with Gasteiger partial charge in [-0.05, 0) is 18.9 Å². The van der Waals surface area contributed by atoms with E-state index in [0.29, 0.717) is 18.8 Å². The first-order valence-electron chi connectivity index (χ1n) is 7.51. The first-order chi connectivity index (χ1) is 11.1. The number of aryl methyl sites for hydroxylation is 1. The van der Waals surface area contributed by atoms with Gasteiger partial charge in [-0.25, -0.2) is 4.79 Å². The number of aromatic nitrogens is 4. The van der Waals surface area contributed by atoms with Crippen molar-refractivity contribution in [1.29, 1.82) is 0 Å². The molecule has 8 nitrogen and oxygen atoms in total. The van der Waals surface area contributed by atoms with E-state index in [0.717, 1.165) is 18.5 Å². The van der Waals surface area contributed by atoms with Crippen molar-refractivity contribution in [1.82, 2.24) is 24.9 Å². The molecule has 122 valence electrons. The van der Waals surface area contributed by atoms with Gasteiger partial charge in [0.1, 0.15) is 5.69 Å². The van der Waals surface area contributed by atoms with Crippen LogP contribution in [0.4, 0.5) is 0 Å². The Morgan fingerprint density at radius 3 is 2.96 bits per heavy atom. The molecule has 0 spiro atoms. The lowest BCUT2D eigenvalue weighted by Crippen LogP contribution is -2.40. The van der Waals surface area contributed by atoms with Gasteiger partial charge >= 0.3 is 5.97 Å². The molecular formula is C15H19N5O3. The summed E-state index contributed by atoms with van der Waals surface area (Å²) in [5.41, 5.74) is 1.57. The van der Waals surface area contributed by atoms with Gasteiger partial charge in [0.25, 0.3) is 5.91 Å². The van der Waals surface area contributed by atoms with E-state index >= 15 is 0 Å². The van der Waals surface area contributed by atoms with E-state index < -0.39 is 5.97 Å². The van der Waals surface area contributed by atoms with Crippen LogP contribution in [-0.4, -0.2) is 57.0 Å². The predicted molar refractivity (Wildman–Crippen MR) is 81.0 cm³/mol. The van der Waals surface area contributed by atoms with Crippen LogP contribution in [0.25, 0.3) is 0 Å². The number of methoxy groups -OCH3 is 1. The van der Waals surface area contributed by atoms with Crippen LogP contribution >= 0.6 is 0 Å². The zero-order valence-corrected chi connectivity index (χ0v) is 13.2. The van der Waals surface area contributed by atoms with Crippen molar-refractivity contribution in [2.45, 2.75) is 18.8 Å². The molecule has 1 N–H and O–H groups in total. The second kappa shape index (κ2) is 6.23. The number of amides is 1. The third-order valence-electron chi connectivity index (χ3n) is 4.16. The topological polar surface area (TPSA) is 93.1 Å². The molecule has 0 unspecified atom stereocenters. The third kappa shape index (κ3) is 2.96. The number of esters is 1. The van der Waals surface area contributed by atoms with Gasteiger partial charge in [-0.15, -0.1) is 0 Å². The lowest BCUT2D eigenvalue weighted by atomic mass is 9.95. The highest BCUT2D eigenvalue weighted by Crippen LogP contribution is 2.26. The number of carbonyl (C=O) groups excluding carboxylic acids is 2. The number of hydrogen-bond acceptors (Lipinski definition) is 5. The maximum Gasteiger partial charge on any atom is 0.358 e. The molecule has 0 saturated carbocycles. The van der Waals surface area contributed by atoms with Gasteiger partial charge in [-0.2, -0.15) is 10.2 Å². The van der Waals surface area contributed by atoms with Crippen molar-refractivity contribution >= 4 is 11.9 Å². The van der Waals surface area contributed by atoms with Crippen LogP contribution in [0.2, 0.25) is 0 Å². The molecule has 1 fully saturated rings. The predicted octanol–water partition coefficient (Wildman–Crippen LogP) is 0.950. The minimum absolute atomic E-state index is 0.126. The highest BCUT2D eigenvalue weighted by molar-refractivity contribution is 5.96. The highest BCUT2D eigenvalue weighted by atomic mass is 16.5. The highest BCUT2D eigenvalue weighted by Gasteiger charge is 2.28. The van der Waals surface area contributed by atoms with E-state index in [9.17, 15) is 9.59 Å². The summed E-state index contributed by atoms with van der Waals surface area (Å²) < 4.78 is 6.07. The molecule has 2 aromatic heterocycles. The Morgan fingerprint density at radius 1 is 1.43 bits per heavy atom. The summed E-state index contributed by atoms with van der Waals surface area (Å²) in [5, 5.41) is 11.0. The van der Waals surface area contributed by atoms with Crippen molar-refractivity contribution in [2.24, 2.45) is 7.05 Å². The molecule has 23 heavy (non-hydrogen) atoms. The molecule has 0 aliphatic carbocycles. The largest absolute Gasteiger partial charge is 0.464 e. The van der Waals surface area contributed by atoms with Gasteiger partial charge in [0.15, 0.2) is 5.69 Å². The Hall–Kier alpha value is -2.64. The van der Waals surface area contributed by atoms with E-state index in [2.05, 4.69) is 20.0 Å². The molecular weight excluding hydrogens is 298 g/mol. The summed E-state index contributed by atoms with van der Waals surface area (Å²) in [6.45, 7) is 1.32. The Kier molecular flexibility index (Phi) is 4.14. The normalized spacial score (nSPS) is 18.0. The Balaban J connectivity index is 1.77. The lowest BCUT2D eigenvalue weighted by molar-refractivity contribution is 0.0592. The maximum absolute atomic E-state index is 12.7. The number of aromatic amines is 1. The number of ether oxygens (including phenoxy) is 1. The second-order valence-corrected chi connectivity index (χ2v) is 5.63. The first kappa shape index (κ1) is 15.3. The molecule has 1 saturated heterocycles. The van der Waals surface area contributed by atoms with E-state index in [1.54, 1.807) is 18.1 Å². The molecule has 3 heterocycles. The minimum Gasteiger partial charge on any atom is -0.464 e. The number of nitrogens with zero attached hydrogens (tertiary/aromatic N) is 4. The summed E-state index contributed by atoms with van der Waals surface area (Å²) in [7, 11) is 2.94. The van der Waals surface area contributed by atoms with E-state index in [-0.39, 0.29) is 17.5 Å². The van der Waals surface area contributed by atoms with Crippen molar-refractivity contribution < 1.29 is 14.3 Å². The second-order valence-electron chi connectivity index (χ2n) is 5.63. The fraction of sp³-hybridized carbons (Fsp3) is 0.467. The lowest BCUT2D eigenvalue weighted by Gasteiger charge is -2.32. The van der Waals surface area contributed by atoms with Crippen LogP contribution in [-0.2, 0) is 11.8 Å². The number of carbonyl (C=O) groups is 2. The standard InChI is InChI=1S/C15H19N5O3/c1-19-13(8-12(18-19)15(22)23-2)14(21)20-7-3-4-10(9-20)11-5-6-16-17-11/h5-6,8,10H,3-4,7,9H2,1-2H3,(H,16,17)/t10-/m0/s1. The molecule has 3 rings (SSSR count). The molecule has 1 amide bonds. The van der Waals surface area contributed by atoms with Crippen LogP contribution in [0.3, 0.4) is 0 Å². The number of rotatable bonds is 3. The Bertz CT molecular complexity index is 707. The van der Waals surface area contributed by atoms with Crippen molar-refractivity contribution in [2.75, 3.05) is 20.2 Å². The van der Waals surface area contributed by atoms with Gasteiger partial charge in [-0.3, -0.25) is 14.6 Å². The van der Waals surface area contributed by atoms with Crippen molar-refractivity contribution in [3.8, 4) is 0 Å². The number of H-pyrrole nitrogens is 1. The third-order valence-corrected chi connectivity index (χ3v) is 4.16. The number of hydrogen-bond donors (Lipinski definition) is 1. The smallest absolute Gasteiger partial charge is 0.358 e. The molecule has 0 radical (unpaired) electrons. The molecule has 8 heteroatoms. The zero-order chi connectivity index (χ0) is 16.4. The fourth-order valence-corrected chi connectivity index (χ4v) is 2.94. The van der Waals surface area contributed by atoms with E-state index in [4.69, 9.17) is 0 Å². The van der Waals surface area contributed by atoms with Crippen molar-refractivity contribution in [3.05, 3.63) is 35.4 Å². The molecule has 0 aromatic carbocycles. The summed E-state index contributed by atoms with van der Waals surface area (Å²) in [4.78, 5) is 26.1. The van der Waals surface area contributed by atoms with Gasteiger partial charge in [0.05, 0.1) is 7.11 Å². The Morgan fingerprint density at radius 2 is 2.26 bits per heavy atom. The van der Waals surface area contributed by atoms with Gasteiger partial charge in [0, 0.05) is 44.0 Å². The van der Waals surface area contributed by atoms with Crippen LogP contribution in [0.1, 0.15) is 45.4 Å². The maximum atomic E-state index is 12.7. The number of piperidine rings is 1. The zero-order valence-electron chi connectivity index (χ0n) is 13.2. The summed E-state index contributed by atoms with van der Waals surface area (Å²) in [6.07, 6.45) is 3.67. The van der Waals surface area contributed by atoms with E-state index in [1.807, 2.05) is 6.07 Å². The molecule has 0 bridgehead atoms. The number of likely N-dealkylation sites (tertiary alicyclic amines) is 1. The monoisotopic (exact) mass is 317 g/mol. The summed E-state index contributed by atoms with van der Waals surface area (Å²) in [6, 6.07) is 3.42. The fourth-order valence-electron chi connectivity index (χ4n) is 2.94. The summed E-state index contributed by atoms with van der Waals surface area (Å²) in [5.74, 6) is -0.420. The average Bonchev–Trinajstić information content (AvgIpc) is 3.23. The first-order valence-corrected chi connectivity index (χ1v) is 7.51.